The molecule has 0 spiro atoms. The van der Waals surface area contributed by atoms with E-state index in [1.165, 1.54) is 22.2 Å². The number of amidine groups is 1. The Morgan fingerprint density at radius 2 is 1.71 bits per heavy atom. The number of ether oxygens (including phenoxy) is 1. The molecule has 2 aliphatic rings. The van der Waals surface area contributed by atoms with E-state index < -0.39 is 0 Å². The Labute approximate surface area is 171 Å². The maximum absolute atomic E-state index is 7.57. The first kappa shape index (κ1) is 20.4. The highest BCUT2D eigenvalue weighted by Crippen LogP contribution is 2.30. The lowest BCUT2D eigenvalue weighted by molar-refractivity contribution is 0.0682. The smallest absolute Gasteiger partial charge is 0.153 e. The Hall–Kier alpha value is -2.34. The van der Waals surface area contributed by atoms with Crippen LogP contribution in [0.1, 0.15) is 18.2 Å². The van der Waals surface area contributed by atoms with E-state index in [4.69, 9.17) is 14.8 Å². The Morgan fingerprint density at radius 3 is 2.50 bits per heavy atom. The molecule has 5 nitrogen and oxygen atoms in total. The van der Waals surface area contributed by atoms with Crippen molar-refractivity contribution in [1.82, 2.24) is 9.47 Å². The summed E-state index contributed by atoms with van der Waals surface area (Å²) in [5.74, 6) is 1.07. The quantitative estimate of drug-likeness (QED) is 0.625. The van der Waals surface area contributed by atoms with Gasteiger partial charge in [-0.15, -0.1) is 12.4 Å². The Kier molecular flexibility index (Phi) is 6.73. The lowest BCUT2D eigenvalue weighted by Gasteiger charge is -2.29. The molecule has 0 radical (unpaired) electrons. The van der Waals surface area contributed by atoms with Gasteiger partial charge in [-0.25, -0.2) is 4.99 Å². The van der Waals surface area contributed by atoms with Crippen LogP contribution < -0.4 is 0 Å². The van der Waals surface area contributed by atoms with Crippen LogP contribution in [0.5, 0.6) is 0 Å². The van der Waals surface area contributed by atoms with Gasteiger partial charge in [0.25, 0.3) is 0 Å². The fourth-order valence-electron chi connectivity index (χ4n) is 3.67. The number of morpholine rings is 1. The van der Waals surface area contributed by atoms with Crippen molar-refractivity contribution >= 4 is 34.8 Å². The predicted octanol–water partition coefficient (Wildman–Crippen LogP) is 3.83. The van der Waals surface area contributed by atoms with E-state index in [0.29, 0.717) is 0 Å². The summed E-state index contributed by atoms with van der Waals surface area (Å²) in [5, 5.41) is 8.84. The molecule has 0 unspecified atom stereocenters. The number of benzene rings is 2. The van der Waals surface area contributed by atoms with Crippen LogP contribution in [0, 0.1) is 0 Å². The van der Waals surface area contributed by atoms with Gasteiger partial charge in [0.15, 0.2) is 5.84 Å². The van der Waals surface area contributed by atoms with E-state index in [2.05, 4.69) is 64.1 Å². The van der Waals surface area contributed by atoms with Crippen molar-refractivity contribution in [3.8, 4) is 0 Å². The average molecular weight is 400 g/mol. The van der Waals surface area contributed by atoms with Gasteiger partial charge in [-0.2, -0.15) is 0 Å². The third kappa shape index (κ3) is 3.92. The number of aliphatic hydroxyl groups excluding tert-OH is 1. The minimum atomic E-state index is 0. The number of fused-ring (bicyclic) bond motifs is 4. The first-order valence-corrected chi connectivity index (χ1v) is 9.50. The van der Waals surface area contributed by atoms with Crippen LogP contribution in [0.4, 0.5) is 5.69 Å². The highest BCUT2D eigenvalue weighted by Gasteiger charge is 2.24. The van der Waals surface area contributed by atoms with E-state index in [0.717, 1.165) is 44.4 Å². The fourth-order valence-corrected chi connectivity index (χ4v) is 3.67. The Morgan fingerprint density at radius 1 is 1.04 bits per heavy atom. The van der Waals surface area contributed by atoms with Gasteiger partial charge in [0.1, 0.15) is 0 Å². The lowest BCUT2D eigenvalue weighted by Crippen LogP contribution is -2.41. The summed E-state index contributed by atoms with van der Waals surface area (Å²) >= 11 is 0. The minimum Gasteiger partial charge on any atom is -0.397 e. The molecule has 1 fully saturated rings. The zero-order valence-electron chi connectivity index (χ0n) is 16.0. The number of rotatable bonds is 0. The van der Waals surface area contributed by atoms with E-state index in [1.54, 1.807) is 6.92 Å². The molecule has 6 heteroatoms. The SMILES string of the molecule is CCO.Cl.c1ccc2c(c1)Cn1c(cc3ccccc31)C(N1CCOCC1)=N2. The summed E-state index contributed by atoms with van der Waals surface area (Å²) in [6.45, 7) is 6.10. The van der Waals surface area contributed by atoms with Gasteiger partial charge >= 0.3 is 0 Å². The number of hydrogen-bond acceptors (Lipinski definition) is 4. The van der Waals surface area contributed by atoms with Crippen LogP contribution in [0.15, 0.2) is 59.6 Å². The average Bonchev–Trinajstić information content (AvgIpc) is 2.98. The lowest BCUT2D eigenvalue weighted by atomic mass is 10.2. The van der Waals surface area contributed by atoms with Crippen molar-refractivity contribution in [2.45, 2.75) is 13.5 Å². The third-order valence-electron chi connectivity index (χ3n) is 4.90. The molecule has 0 atom stereocenters. The number of para-hydroxylation sites is 2. The molecule has 1 aromatic heterocycles. The third-order valence-corrected chi connectivity index (χ3v) is 4.90. The molecule has 148 valence electrons. The molecule has 28 heavy (non-hydrogen) atoms. The van der Waals surface area contributed by atoms with Crippen LogP contribution in [0.2, 0.25) is 0 Å². The predicted molar refractivity (Wildman–Crippen MR) is 116 cm³/mol. The van der Waals surface area contributed by atoms with Gasteiger partial charge in [0, 0.05) is 30.6 Å². The second-order valence-corrected chi connectivity index (χ2v) is 6.65. The molecule has 3 heterocycles. The van der Waals surface area contributed by atoms with Crippen LogP contribution in [0.25, 0.3) is 10.9 Å². The van der Waals surface area contributed by atoms with Gasteiger partial charge in [0.05, 0.1) is 31.1 Å². The Balaban J connectivity index is 0.000000531. The number of halogens is 1. The molecule has 3 aromatic rings. The molecule has 1 N–H and O–H groups in total. The molecule has 5 rings (SSSR count). The summed E-state index contributed by atoms with van der Waals surface area (Å²) in [7, 11) is 0. The topological polar surface area (TPSA) is 50.0 Å². The van der Waals surface area contributed by atoms with Crippen molar-refractivity contribution in [2.24, 2.45) is 4.99 Å². The standard InChI is InChI=1S/C20H19N3O.C2H6O.ClH/c1-3-7-17-16(6-1)14-23-18-8-4-2-5-15(18)13-19(23)20(21-17)22-9-11-24-12-10-22;1-2-3;/h1-8,13H,9-12,14H2;3H,2H2,1H3;1H. The van der Waals surface area contributed by atoms with Crippen molar-refractivity contribution in [2.75, 3.05) is 32.9 Å². The van der Waals surface area contributed by atoms with Crippen molar-refractivity contribution in [3.05, 3.63) is 65.9 Å². The van der Waals surface area contributed by atoms with Crippen molar-refractivity contribution in [3.63, 3.8) is 0 Å². The molecule has 0 bridgehead atoms. The fraction of sp³-hybridized carbons (Fsp3) is 0.318. The maximum atomic E-state index is 7.57. The first-order valence-electron chi connectivity index (χ1n) is 9.50. The molecule has 0 amide bonds. The molecular formula is C22H26ClN3O2. The molecular weight excluding hydrogens is 374 g/mol. The van der Waals surface area contributed by atoms with Crippen LogP contribution in [-0.4, -0.2) is 53.3 Å². The molecule has 0 aliphatic carbocycles. The van der Waals surface area contributed by atoms with E-state index in [-0.39, 0.29) is 19.0 Å². The number of nitrogens with zero attached hydrogens (tertiary/aromatic N) is 3. The molecule has 2 aromatic carbocycles. The Bertz CT molecular complexity index is 961. The normalized spacial score (nSPS) is 15.4. The second kappa shape index (κ2) is 9.24. The molecule has 1 saturated heterocycles. The number of aliphatic imine (C=N–C) groups is 1. The summed E-state index contributed by atoms with van der Waals surface area (Å²) in [5.41, 5.74) is 4.81. The highest BCUT2D eigenvalue weighted by molar-refractivity contribution is 6.04. The van der Waals surface area contributed by atoms with Gasteiger partial charge in [0.2, 0.25) is 0 Å². The van der Waals surface area contributed by atoms with E-state index in [9.17, 15) is 0 Å². The van der Waals surface area contributed by atoms with Crippen LogP contribution in [0.3, 0.4) is 0 Å². The van der Waals surface area contributed by atoms with Crippen molar-refractivity contribution in [1.29, 1.82) is 0 Å². The summed E-state index contributed by atoms with van der Waals surface area (Å²) in [4.78, 5) is 7.42. The van der Waals surface area contributed by atoms with Gasteiger partial charge in [-0.1, -0.05) is 36.4 Å². The van der Waals surface area contributed by atoms with Crippen molar-refractivity contribution < 1.29 is 9.84 Å². The summed E-state index contributed by atoms with van der Waals surface area (Å²) < 4.78 is 7.93. The van der Waals surface area contributed by atoms with Gasteiger partial charge in [-0.3, -0.25) is 0 Å². The van der Waals surface area contributed by atoms with Gasteiger partial charge in [-0.05, 0) is 30.7 Å². The number of aromatic nitrogens is 1. The molecule has 2 aliphatic heterocycles. The highest BCUT2D eigenvalue weighted by atomic mass is 35.5. The first-order chi connectivity index (χ1) is 13.3. The zero-order valence-corrected chi connectivity index (χ0v) is 16.9. The summed E-state index contributed by atoms with van der Waals surface area (Å²) in [6.07, 6.45) is 0. The maximum Gasteiger partial charge on any atom is 0.153 e. The van der Waals surface area contributed by atoms with E-state index >= 15 is 0 Å². The second-order valence-electron chi connectivity index (χ2n) is 6.65. The number of aliphatic hydroxyl groups is 1. The van der Waals surface area contributed by atoms with Crippen LogP contribution >= 0.6 is 12.4 Å². The molecule has 0 saturated carbocycles. The zero-order chi connectivity index (χ0) is 18.6. The van der Waals surface area contributed by atoms with Crippen LogP contribution in [-0.2, 0) is 11.3 Å². The minimum absolute atomic E-state index is 0. The summed E-state index contributed by atoms with van der Waals surface area (Å²) in [6, 6.07) is 19.3. The number of hydrogen-bond donors (Lipinski definition) is 1. The monoisotopic (exact) mass is 399 g/mol. The largest absolute Gasteiger partial charge is 0.397 e. The van der Waals surface area contributed by atoms with Gasteiger partial charge < -0.3 is 19.3 Å². The van der Waals surface area contributed by atoms with E-state index in [1.807, 2.05) is 0 Å².